The number of likely N-dealkylation sites (tertiary alicyclic amines) is 1. The highest BCUT2D eigenvalue weighted by molar-refractivity contribution is 6.09. The molecule has 0 spiro atoms. The van der Waals surface area contributed by atoms with Gasteiger partial charge < -0.3 is 5.11 Å². The molecule has 2 saturated heterocycles. The van der Waals surface area contributed by atoms with Crippen molar-refractivity contribution in [3.63, 3.8) is 0 Å². The fraction of sp³-hybridized carbons (Fsp3) is 0.194. The zero-order valence-electron chi connectivity index (χ0n) is 21.3. The van der Waals surface area contributed by atoms with Crippen LogP contribution in [0.15, 0.2) is 97.1 Å². The van der Waals surface area contributed by atoms with Crippen molar-refractivity contribution in [1.82, 2.24) is 10.2 Å². The standard InChI is InChI=1S/C31H25N3O6/c35-28-25-26(29(36)33(28)18-20-7-2-1-3-8-20)31(30(37)38,17-19-13-15-22(16-14-19)34(39)40)32-27(25)24-12-6-10-21-9-4-5-11-23(21)24/h1-16,25-27,32H,17-18H2,(H,37,38). The Balaban J connectivity index is 1.48. The Bertz CT molecular complexity index is 1650. The molecule has 9 heteroatoms. The molecule has 4 atom stereocenters. The number of hydrogen-bond acceptors (Lipinski definition) is 6. The molecule has 0 aromatic heterocycles. The molecule has 2 amide bonds. The van der Waals surface area contributed by atoms with Crippen LogP contribution in [0.3, 0.4) is 0 Å². The summed E-state index contributed by atoms with van der Waals surface area (Å²) in [5.74, 6) is -4.35. The third kappa shape index (κ3) is 4.02. The van der Waals surface area contributed by atoms with Crippen molar-refractivity contribution in [2.45, 2.75) is 24.5 Å². The third-order valence-electron chi connectivity index (χ3n) is 8.10. The molecular weight excluding hydrogens is 510 g/mol. The van der Waals surface area contributed by atoms with Crippen molar-refractivity contribution >= 4 is 34.2 Å². The molecule has 2 N–H and O–H groups in total. The number of carbonyl (C=O) groups excluding carboxylic acids is 2. The lowest BCUT2D eigenvalue weighted by atomic mass is 9.76. The predicted molar refractivity (Wildman–Crippen MR) is 146 cm³/mol. The quantitative estimate of drug-likeness (QED) is 0.205. The molecule has 0 radical (unpaired) electrons. The number of nitro groups is 1. The van der Waals surface area contributed by atoms with E-state index in [0.29, 0.717) is 5.56 Å². The van der Waals surface area contributed by atoms with E-state index in [2.05, 4.69) is 5.32 Å². The van der Waals surface area contributed by atoms with Crippen LogP contribution in [0.4, 0.5) is 5.69 Å². The van der Waals surface area contributed by atoms with Crippen LogP contribution < -0.4 is 5.32 Å². The number of benzene rings is 4. The average molecular weight is 536 g/mol. The van der Waals surface area contributed by atoms with Gasteiger partial charge >= 0.3 is 5.97 Å². The number of fused-ring (bicyclic) bond motifs is 2. The SMILES string of the molecule is O=C1C2C(c3cccc4ccccc34)NC(Cc3ccc([N+](=O)[O-])cc3)(C(=O)O)C2C(=O)N1Cc1ccccc1. The largest absolute Gasteiger partial charge is 0.480 e. The van der Waals surface area contributed by atoms with Gasteiger partial charge in [-0.1, -0.05) is 84.9 Å². The summed E-state index contributed by atoms with van der Waals surface area (Å²) < 4.78 is 0. The molecule has 0 bridgehead atoms. The first-order valence-corrected chi connectivity index (χ1v) is 12.9. The summed E-state index contributed by atoms with van der Waals surface area (Å²) >= 11 is 0. The highest BCUT2D eigenvalue weighted by atomic mass is 16.6. The first-order valence-electron chi connectivity index (χ1n) is 12.9. The van der Waals surface area contributed by atoms with E-state index < -0.39 is 46.1 Å². The van der Waals surface area contributed by atoms with Gasteiger partial charge in [-0.15, -0.1) is 0 Å². The Morgan fingerprint density at radius 2 is 1.55 bits per heavy atom. The molecule has 2 fully saturated rings. The number of nitrogens with zero attached hydrogens (tertiary/aromatic N) is 2. The van der Waals surface area contributed by atoms with Crippen LogP contribution in [0, 0.1) is 22.0 Å². The number of rotatable bonds is 7. The normalized spacial score (nSPS) is 23.9. The van der Waals surface area contributed by atoms with Gasteiger partial charge in [0.15, 0.2) is 0 Å². The number of carboxylic acid groups (broad SMARTS) is 1. The highest BCUT2D eigenvalue weighted by Gasteiger charge is 2.68. The number of non-ortho nitro benzene ring substituents is 1. The number of nitrogens with one attached hydrogen (secondary N) is 1. The zero-order chi connectivity index (χ0) is 28.0. The number of amides is 2. The van der Waals surface area contributed by atoms with Gasteiger partial charge in [-0.05, 0) is 27.5 Å². The Morgan fingerprint density at radius 3 is 2.25 bits per heavy atom. The van der Waals surface area contributed by atoms with Gasteiger partial charge in [0, 0.05) is 24.6 Å². The van der Waals surface area contributed by atoms with Crippen molar-refractivity contribution in [3.05, 3.63) is 124 Å². The second-order valence-electron chi connectivity index (χ2n) is 10.3. The number of carboxylic acids is 1. The number of hydrogen-bond donors (Lipinski definition) is 2. The molecule has 0 saturated carbocycles. The fourth-order valence-electron chi connectivity index (χ4n) is 6.27. The lowest BCUT2D eigenvalue weighted by molar-refractivity contribution is -0.384. The molecule has 2 heterocycles. The van der Waals surface area contributed by atoms with Gasteiger partial charge in [0.1, 0.15) is 5.54 Å². The molecule has 0 aliphatic carbocycles. The lowest BCUT2D eigenvalue weighted by Gasteiger charge is -2.31. The minimum atomic E-state index is -1.82. The third-order valence-corrected chi connectivity index (χ3v) is 8.10. The number of carbonyl (C=O) groups is 3. The van der Waals surface area contributed by atoms with Crippen LogP contribution in [-0.2, 0) is 27.3 Å². The second kappa shape index (κ2) is 9.69. The summed E-state index contributed by atoms with van der Waals surface area (Å²) in [6, 6.07) is 27.3. The fourth-order valence-corrected chi connectivity index (χ4v) is 6.27. The van der Waals surface area contributed by atoms with E-state index in [9.17, 15) is 29.6 Å². The summed E-state index contributed by atoms with van der Waals surface area (Å²) in [4.78, 5) is 53.0. The van der Waals surface area contributed by atoms with E-state index in [4.69, 9.17) is 0 Å². The molecule has 200 valence electrons. The van der Waals surface area contributed by atoms with Crippen molar-refractivity contribution in [2.24, 2.45) is 11.8 Å². The minimum Gasteiger partial charge on any atom is -0.480 e. The van der Waals surface area contributed by atoms with E-state index in [0.717, 1.165) is 21.9 Å². The Morgan fingerprint density at radius 1 is 0.875 bits per heavy atom. The van der Waals surface area contributed by atoms with E-state index in [-0.39, 0.29) is 18.7 Å². The zero-order valence-corrected chi connectivity index (χ0v) is 21.3. The maximum absolute atomic E-state index is 14.0. The van der Waals surface area contributed by atoms with E-state index in [1.54, 1.807) is 0 Å². The summed E-state index contributed by atoms with van der Waals surface area (Å²) in [5.41, 5.74) is 0.0538. The summed E-state index contributed by atoms with van der Waals surface area (Å²) in [6.45, 7) is 0.0427. The van der Waals surface area contributed by atoms with Crippen molar-refractivity contribution in [2.75, 3.05) is 0 Å². The molecular formula is C31H25N3O6. The predicted octanol–water partition coefficient (Wildman–Crippen LogP) is 4.26. The van der Waals surface area contributed by atoms with Crippen molar-refractivity contribution in [3.8, 4) is 0 Å². The van der Waals surface area contributed by atoms with Crippen LogP contribution >= 0.6 is 0 Å². The minimum absolute atomic E-state index is 0.0427. The van der Waals surface area contributed by atoms with Gasteiger partial charge in [0.2, 0.25) is 11.8 Å². The van der Waals surface area contributed by atoms with Crippen LogP contribution in [0.1, 0.15) is 22.7 Å². The maximum atomic E-state index is 14.0. The van der Waals surface area contributed by atoms with Gasteiger partial charge in [0.05, 0.1) is 23.3 Å². The van der Waals surface area contributed by atoms with E-state index in [1.807, 2.05) is 72.8 Å². The van der Waals surface area contributed by atoms with Gasteiger partial charge in [-0.25, -0.2) is 0 Å². The molecule has 40 heavy (non-hydrogen) atoms. The molecule has 6 rings (SSSR count). The molecule has 9 nitrogen and oxygen atoms in total. The van der Waals surface area contributed by atoms with Crippen LogP contribution in [0.5, 0.6) is 0 Å². The second-order valence-corrected chi connectivity index (χ2v) is 10.3. The topological polar surface area (TPSA) is 130 Å². The molecule has 4 aromatic rings. The van der Waals surface area contributed by atoms with Crippen LogP contribution in [0.2, 0.25) is 0 Å². The van der Waals surface area contributed by atoms with Gasteiger partial charge in [-0.3, -0.25) is 34.7 Å². The van der Waals surface area contributed by atoms with E-state index in [1.165, 1.54) is 29.2 Å². The summed E-state index contributed by atoms with van der Waals surface area (Å²) in [6.07, 6.45) is -0.138. The lowest BCUT2D eigenvalue weighted by Crippen LogP contribution is -2.57. The maximum Gasteiger partial charge on any atom is 0.325 e. The number of nitro benzene ring substituents is 1. The molecule has 2 aliphatic rings. The summed E-state index contributed by atoms with van der Waals surface area (Å²) in [5, 5.41) is 26.9. The summed E-state index contributed by atoms with van der Waals surface area (Å²) in [7, 11) is 0. The van der Waals surface area contributed by atoms with Gasteiger partial charge in [0.25, 0.3) is 5.69 Å². The number of imide groups is 1. The van der Waals surface area contributed by atoms with Crippen molar-refractivity contribution in [1.29, 1.82) is 0 Å². The Hall–Kier alpha value is -4.89. The molecule has 4 unspecified atom stereocenters. The molecule has 4 aromatic carbocycles. The Labute approximate surface area is 229 Å². The average Bonchev–Trinajstić information content (AvgIpc) is 3.43. The first-order chi connectivity index (χ1) is 19.3. The Kier molecular flexibility index (Phi) is 6.15. The van der Waals surface area contributed by atoms with Crippen LogP contribution in [0.25, 0.3) is 10.8 Å². The number of aliphatic carboxylic acids is 1. The molecule has 2 aliphatic heterocycles. The van der Waals surface area contributed by atoms with Crippen molar-refractivity contribution < 1.29 is 24.4 Å². The van der Waals surface area contributed by atoms with E-state index >= 15 is 0 Å². The highest BCUT2D eigenvalue weighted by Crippen LogP contribution is 2.51. The first kappa shape index (κ1) is 25.4. The monoisotopic (exact) mass is 535 g/mol. The van der Waals surface area contributed by atoms with Gasteiger partial charge in [-0.2, -0.15) is 0 Å². The van der Waals surface area contributed by atoms with Crippen LogP contribution in [-0.4, -0.2) is 38.3 Å². The smallest absolute Gasteiger partial charge is 0.325 e.